The Hall–Kier alpha value is -1.70. The first-order chi connectivity index (χ1) is 9.51. The van der Waals surface area contributed by atoms with Gasteiger partial charge in [0, 0.05) is 18.2 Å². The van der Waals surface area contributed by atoms with E-state index < -0.39 is 36.0 Å². The van der Waals surface area contributed by atoms with Crippen molar-refractivity contribution in [2.75, 3.05) is 11.9 Å². The number of aliphatic hydroxyl groups excluding tert-OH is 3. The SMILES string of the molecule is O=C(Nc1cccc(F)c1)NC1CC(CO)C(O)C1O. The molecule has 1 aromatic rings. The maximum absolute atomic E-state index is 13.0. The first-order valence-corrected chi connectivity index (χ1v) is 6.31. The minimum absolute atomic E-state index is 0.262. The summed E-state index contributed by atoms with van der Waals surface area (Å²) in [6.07, 6.45) is -1.93. The summed E-state index contributed by atoms with van der Waals surface area (Å²) in [4.78, 5) is 11.7. The normalized spacial score (nSPS) is 29.2. The van der Waals surface area contributed by atoms with E-state index in [0.717, 1.165) is 6.07 Å². The molecule has 1 fully saturated rings. The zero-order chi connectivity index (χ0) is 14.7. The van der Waals surface area contributed by atoms with E-state index in [2.05, 4.69) is 10.6 Å². The van der Waals surface area contributed by atoms with Crippen LogP contribution in [0.3, 0.4) is 0 Å². The van der Waals surface area contributed by atoms with Crippen molar-refractivity contribution in [1.29, 1.82) is 0 Å². The molecule has 0 radical (unpaired) electrons. The van der Waals surface area contributed by atoms with Gasteiger partial charge in [0.05, 0.1) is 12.1 Å². The van der Waals surface area contributed by atoms with E-state index in [-0.39, 0.29) is 18.7 Å². The quantitative estimate of drug-likeness (QED) is 0.541. The Labute approximate surface area is 115 Å². The third-order valence-electron chi connectivity index (χ3n) is 3.44. The van der Waals surface area contributed by atoms with Crippen LogP contribution in [0.5, 0.6) is 0 Å². The maximum Gasteiger partial charge on any atom is 0.319 e. The Bertz CT molecular complexity index is 485. The highest BCUT2D eigenvalue weighted by atomic mass is 19.1. The molecule has 1 aromatic carbocycles. The van der Waals surface area contributed by atoms with Gasteiger partial charge in [-0.3, -0.25) is 0 Å². The third kappa shape index (κ3) is 3.24. The van der Waals surface area contributed by atoms with Gasteiger partial charge in [-0.25, -0.2) is 9.18 Å². The van der Waals surface area contributed by atoms with Crippen LogP contribution in [0.4, 0.5) is 14.9 Å². The predicted octanol–water partition coefficient (Wildman–Crippen LogP) is 0.0498. The smallest absolute Gasteiger partial charge is 0.319 e. The van der Waals surface area contributed by atoms with Crippen LogP contribution in [-0.2, 0) is 0 Å². The van der Waals surface area contributed by atoms with Crippen LogP contribution in [0.2, 0.25) is 0 Å². The van der Waals surface area contributed by atoms with Crippen LogP contribution < -0.4 is 10.6 Å². The van der Waals surface area contributed by atoms with Gasteiger partial charge in [0.25, 0.3) is 0 Å². The second kappa shape index (κ2) is 6.17. The van der Waals surface area contributed by atoms with Crippen molar-refractivity contribution >= 4 is 11.7 Å². The molecule has 0 saturated heterocycles. The topological polar surface area (TPSA) is 102 Å². The molecule has 5 N–H and O–H groups in total. The standard InChI is InChI=1S/C13H17FN2O4/c14-8-2-1-3-9(5-8)15-13(20)16-10-4-7(6-17)11(18)12(10)19/h1-3,5,7,10-12,17-19H,4,6H2,(H2,15,16,20). The van der Waals surface area contributed by atoms with E-state index in [1.54, 1.807) is 0 Å². The van der Waals surface area contributed by atoms with Crippen molar-refractivity contribution in [3.63, 3.8) is 0 Å². The zero-order valence-electron chi connectivity index (χ0n) is 10.7. The molecule has 0 aromatic heterocycles. The summed E-state index contributed by atoms with van der Waals surface area (Å²) in [6.45, 7) is -0.262. The largest absolute Gasteiger partial charge is 0.396 e. The Kier molecular flexibility index (Phi) is 4.53. The molecule has 20 heavy (non-hydrogen) atoms. The molecule has 0 spiro atoms. The summed E-state index contributed by atoms with van der Waals surface area (Å²) in [5.41, 5.74) is 0.286. The summed E-state index contributed by atoms with van der Waals surface area (Å²) in [5, 5.41) is 33.4. The van der Waals surface area contributed by atoms with E-state index in [9.17, 15) is 19.4 Å². The lowest BCUT2D eigenvalue weighted by molar-refractivity contribution is 0.000965. The van der Waals surface area contributed by atoms with E-state index in [1.165, 1.54) is 18.2 Å². The molecule has 0 heterocycles. The fourth-order valence-corrected chi connectivity index (χ4v) is 2.35. The van der Waals surface area contributed by atoms with Gasteiger partial charge in [-0.05, 0) is 24.6 Å². The zero-order valence-corrected chi connectivity index (χ0v) is 10.7. The lowest BCUT2D eigenvalue weighted by Gasteiger charge is -2.18. The van der Waals surface area contributed by atoms with E-state index >= 15 is 0 Å². The lowest BCUT2D eigenvalue weighted by Crippen LogP contribution is -2.44. The molecule has 1 aliphatic carbocycles. The third-order valence-corrected chi connectivity index (χ3v) is 3.44. The summed E-state index contributed by atoms with van der Waals surface area (Å²) in [5.74, 6) is -0.941. The Morgan fingerprint density at radius 3 is 2.70 bits per heavy atom. The van der Waals surface area contributed by atoms with Gasteiger partial charge in [-0.2, -0.15) is 0 Å². The molecule has 7 heteroatoms. The van der Waals surface area contributed by atoms with E-state index in [4.69, 9.17) is 5.11 Å². The van der Waals surface area contributed by atoms with Gasteiger partial charge in [0.1, 0.15) is 11.9 Å². The number of hydrogen-bond donors (Lipinski definition) is 5. The fraction of sp³-hybridized carbons (Fsp3) is 0.462. The Balaban J connectivity index is 1.92. The second-order valence-electron chi connectivity index (χ2n) is 4.87. The van der Waals surface area contributed by atoms with Gasteiger partial charge in [0.15, 0.2) is 0 Å². The first kappa shape index (κ1) is 14.7. The highest BCUT2D eigenvalue weighted by Crippen LogP contribution is 2.26. The fourth-order valence-electron chi connectivity index (χ4n) is 2.35. The van der Waals surface area contributed by atoms with Crippen molar-refractivity contribution in [2.45, 2.75) is 24.7 Å². The second-order valence-corrected chi connectivity index (χ2v) is 4.87. The number of halogens is 1. The van der Waals surface area contributed by atoms with Crippen LogP contribution in [0.1, 0.15) is 6.42 Å². The number of nitrogens with one attached hydrogen (secondary N) is 2. The van der Waals surface area contributed by atoms with Gasteiger partial charge in [-0.1, -0.05) is 6.07 Å². The minimum atomic E-state index is -1.13. The number of amides is 2. The summed E-state index contributed by atoms with van der Waals surface area (Å²) < 4.78 is 13.0. The highest BCUT2D eigenvalue weighted by molar-refractivity contribution is 5.89. The summed E-state index contributed by atoms with van der Waals surface area (Å²) >= 11 is 0. The molecule has 110 valence electrons. The molecule has 1 saturated carbocycles. The molecule has 6 nitrogen and oxygen atoms in total. The Morgan fingerprint density at radius 1 is 1.35 bits per heavy atom. The molecular weight excluding hydrogens is 267 g/mol. The van der Waals surface area contributed by atoms with E-state index in [0.29, 0.717) is 0 Å². The van der Waals surface area contributed by atoms with Crippen LogP contribution >= 0.6 is 0 Å². The lowest BCUT2D eigenvalue weighted by atomic mass is 10.1. The molecule has 4 unspecified atom stereocenters. The maximum atomic E-state index is 13.0. The molecule has 0 aliphatic heterocycles. The minimum Gasteiger partial charge on any atom is -0.396 e. The van der Waals surface area contributed by atoms with Crippen LogP contribution in [0.15, 0.2) is 24.3 Å². The van der Waals surface area contributed by atoms with Crippen LogP contribution in [0.25, 0.3) is 0 Å². The predicted molar refractivity (Wildman–Crippen MR) is 69.5 cm³/mol. The number of anilines is 1. The molecule has 0 bridgehead atoms. The molecule has 2 amide bonds. The number of hydrogen-bond acceptors (Lipinski definition) is 4. The number of carbonyl (C=O) groups is 1. The summed E-state index contributed by atoms with van der Waals surface area (Å²) in [6, 6.07) is 4.14. The number of aliphatic hydroxyl groups is 3. The Morgan fingerprint density at radius 2 is 2.10 bits per heavy atom. The van der Waals surface area contributed by atoms with Crippen molar-refractivity contribution < 1.29 is 24.5 Å². The molecule has 1 aliphatic rings. The molecule has 2 rings (SSSR count). The molecule has 4 atom stereocenters. The van der Waals surface area contributed by atoms with Gasteiger partial charge >= 0.3 is 6.03 Å². The number of urea groups is 1. The van der Waals surface area contributed by atoms with Crippen molar-refractivity contribution in [2.24, 2.45) is 5.92 Å². The average Bonchev–Trinajstić information content (AvgIpc) is 2.66. The van der Waals surface area contributed by atoms with Crippen molar-refractivity contribution in [3.8, 4) is 0 Å². The van der Waals surface area contributed by atoms with Gasteiger partial charge < -0.3 is 26.0 Å². The first-order valence-electron chi connectivity index (χ1n) is 6.31. The number of carbonyl (C=O) groups excluding carboxylic acids is 1. The number of benzene rings is 1. The van der Waals surface area contributed by atoms with Crippen LogP contribution in [0, 0.1) is 11.7 Å². The van der Waals surface area contributed by atoms with Crippen LogP contribution in [-0.4, -0.2) is 46.2 Å². The van der Waals surface area contributed by atoms with Gasteiger partial charge in [0.2, 0.25) is 0 Å². The van der Waals surface area contributed by atoms with Gasteiger partial charge in [-0.15, -0.1) is 0 Å². The average molecular weight is 284 g/mol. The molecular formula is C13H17FN2O4. The van der Waals surface area contributed by atoms with E-state index in [1.807, 2.05) is 0 Å². The summed E-state index contributed by atoms with van der Waals surface area (Å²) in [7, 11) is 0. The van der Waals surface area contributed by atoms with Crippen molar-refractivity contribution in [3.05, 3.63) is 30.1 Å². The number of rotatable bonds is 3. The monoisotopic (exact) mass is 284 g/mol. The highest BCUT2D eigenvalue weighted by Gasteiger charge is 2.41. The van der Waals surface area contributed by atoms with Crippen molar-refractivity contribution in [1.82, 2.24) is 5.32 Å².